The topological polar surface area (TPSA) is 38.7 Å². The summed E-state index contributed by atoms with van der Waals surface area (Å²) in [5.41, 5.74) is 0. The van der Waals surface area contributed by atoms with Crippen molar-refractivity contribution in [3.05, 3.63) is 0 Å². The number of hydrogen-bond donors (Lipinski definition) is 0. The molecule has 1 aliphatic heterocycles. The van der Waals surface area contributed by atoms with Crippen LogP contribution >= 0.6 is 0 Å². The summed E-state index contributed by atoms with van der Waals surface area (Å²) in [6.45, 7) is 0.547. The van der Waals surface area contributed by atoms with Crippen LogP contribution < -0.4 is 0 Å². The molecule has 0 bridgehead atoms. The fourth-order valence-corrected chi connectivity index (χ4v) is 2.13. The molecular formula is C11H17NO2. The number of ether oxygens (including phenoxy) is 1. The van der Waals surface area contributed by atoms with Crippen molar-refractivity contribution in [1.82, 2.24) is 0 Å². The fourth-order valence-electron chi connectivity index (χ4n) is 2.13. The molecule has 1 heterocycles. The summed E-state index contributed by atoms with van der Waals surface area (Å²) in [4.78, 5) is 15.4. The van der Waals surface area contributed by atoms with Crippen LogP contribution in [-0.2, 0) is 9.53 Å². The van der Waals surface area contributed by atoms with Crippen LogP contribution in [0.5, 0.6) is 0 Å². The van der Waals surface area contributed by atoms with Crippen LogP contribution in [0.25, 0.3) is 0 Å². The molecule has 1 unspecified atom stereocenters. The Labute approximate surface area is 84.5 Å². The zero-order chi connectivity index (χ0) is 9.80. The third kappa shape index (κ3) is 2.34. The maximum Gasteiger partial charge on any atom is 0.330 e. The largest absolute Gasteiger partial charge is 0.464 e. The monoisotopic (exact) mass is 195 g/mol. The third-order valence-corrected chi connectivity index (χ3v) is 3.03. The van der Waals surface area contributed by atoms with Crippen LogP contribution in [0.15, 0.2) is 4.99 Å². The van der Waals surface area contributed by atoms with Gasteiger partial charge in [0.1, 0.15) is 6.04 Å². The SMILES string of the molecule is O=C1OCCC1N=CC1CCCCC1. The van der Waals surface area contributed by atoms with Crippen molar-refractivity contribution >= 4 is 12.2 Å². The smallest absolute Gasteiger partial charge is 0.330 e. The van der Waals surface area contributed by atoms with Crippen LogP contribution in [-0.4, -0.2) is 24.8 Å². The predicted molar refractivity (Wildman–Crippen MR) is 54.4 cm³/mol. The van der Waals surface area contributed by atoms with Gasteiger partial charge < -0.3 is 4.74 Å². The minimum Gasteiger partial charge on any atom is -0.464 e. The Morgan fingerprint density at radius 3 is 2.64 bits per heavy atom. The summed E-state index contributed by atoms with van der Waals surface area (Å²) >= 11 is 0. The Morgan fingerprint density at radius 1 is 1.21 bits per heavy atom. The average molecular weight is 195 g/mol. The highest BCUT2D eigenvalue weighted by Gasteiger charge is 2.25. The third-order valence-electron chi connectivity index (χ3n) is 3.03. The molecule has 3 nitrogen and oxygen atoms in total. The molecule has 78 valence electrons. The Bertz CT molecular complexity index is 231. The van der Waals surface area contributed by atoms with Crippen molar-refractivity contribution < 1.29 is 9.53 Å². The molecule has 0 radical (unpaired) electrons. The van der Waals surface area contributed by atoms with Crippen molar-refractivity contribution in [3.63, 3.8) is 0 Å². The quantitative estimate of drug-likeness (QED) is 0.499. The lowest BCUT2D eigenvalue weighted by atomic mass is 9.90. The zero-order valence-electron chi connectivity index (χ0n) is 8.45. The number of aliphatic imine (C=N–C) groups is 1. The van der Waals surface area contributed by atoms with E-state index in [1.165, 1.54) is 32.1 Å². The molecule has 14 heavy (non-hydrogen) atoms. The zero-order valence-corrected chi connectivity index (χ0v) is 8.45. The van der Waals surface area contributed by atoms with E-state index in [0.29, 0.717) is 12.5 Å². The minimum absolute atomic E-state index is 0.142. The molecule has 0 spiro atoms. The molecule has 1 saturated carbocycles. The molecule has 0 aromatic carbocycles. The summed E-state index contributed by atoms with van der Waals surface area (Å²) in [5.74, 6) is 0.467. The molecule has 2 aliphatic rings. The highest BCUT2D eigenvalue weighted by atomic mass is 16.5. The normalized spacial score (nSPS) is 29.7. The molecule has 3 heteroatoms. The number of rotatable bonds is 2. The number of hydrogen-bond acceptors (Lipinski definition) is 3. The summed E-state index contributed by atoms with van der Waals surface area (Å²) in [6.07, 6.45) is 9.22. The van der Waals surface area contributed by atoms with E-state index < -0.39 is 0 Å². The molecule has 1 saturated heterocycles. The summed E-state index contributed by atoms with van der Waals surface area (Å²) < 4.78 is 4.85. The highest BCUT2D eigenvalue weighted by molar-refractivity contribution is 5.79. The van der Waals surface area contributed by atoms with E-state index in [0.717, 1.165) is 6.42 Å². The van der Waals surface area contributed by atoms with Gasteiger partial charge in [0.05, 0.1) is 6.61 Å². The molecule has 0 aromatic heterocycles. The summed E-state index contributed by atoms with van der Waals surface area (Å²) in [7, 11) is 0. The molecule has 1 aliphatic carbocycles. The van der Waals surface area contributed by atoms with E-state index in [2.05, 4.69) is 4.99 Å². The second-order valence-electron chi connectivity index (χ2n) is 4.17. The lowest BCUT2D eigenvalue weighted by Gasteiger charge is -2.17. The van der Waals surface area contributed by atoms with Crippen molar-refractivity contribution in [2.45, 2.75) is 44.6 Å². The van der Waals surface area contributed by atoms with Crippen LogP contribution in [0, 0.1) is 5.92 Å². The number of carbonyl (C=O) groups excluding carboxylic acids is 1. The van der Waals surface area contributed by atoms with Gasteiger partial charge in [0, 0.05) is 12.6 Å². The number of nitrogens with zero attached hydrogens (tertiary/aromatic N) is 1. The first-order valence-corrected chi connectivity index (χ1v) is 5.56. The summed E-state index contributed by atoms with van der Waals surface area (Å²) in [6, 6.07) is -0.197. The van der Waals surface area contributed by atoms with Gasteiger partial charge in [-0.2, -0.15) is 0 Å². The van der Waals surface area contributed by atoms with Crippen molar-refractivity contribution in [3.8, 4) is 0 Å². The van der Waals surface area contributed by atoms with Crippen molar-refractivity contribution in [1.29, 1.82) is 0 Å². The van der Waals surface area contributed by atoms with E-state index in [-0.39, 0.29) is 12.0 Å². The Morgan fingerprint density at radius 2 is 2.00 bits per heavy atom. The van der Waals surface area contributed by atoms with E-state index in [4.69, 9.17) is 4.74 Å². The van der Waals surface area contributed by atoms with Crippen molar-refractivity contribution in [2.75, 3.05) is 6.61 Å². The lowest BCUT2D eigenvalue weighted by molar-refractivity contribution is -0.138. The van der Waals surface area contributed by atoms with Crippen LogP contribution in [0.4, 0.5) is 0 Å². The molecule has 0 N–H and O–H groups in total. The Hall–Kier alpha value is -0.860. The Kier molecular flexibility index (Phi) is 3.17. The van der Waals surface area contributed by atoms with Gasteiger partial charge >= 0.3 is 5.97 Å². The van der Waals surface area contributed by atoms with Gasteiger partial charge in [0.15, 0.2) is 0 Å². The predicted octanol–water partition coefficient (Wildman–Crippen LogP) is 1.95. The molecule has 0 aromatic rings. The van der Waals surface area contributed by atoms with Gasteiger partial charge in [-0.1, -0.05) is 19.3 Å². The van der Waals surface area contributed by atoms with Crippen molar-refractivity contribution in [2.24, 2.45) is 10.9 Å². The van der Waals surface area contributed by atoms with Crippen LogP contribution in [0.3, 0.4) is 0 Å². The van der Waals surface area contributed by atoms with Crippen LogP contribution in [0.1, 0.15) is 38.5 Å². The second kappa shape index (κ2) is 4.58. The van der Waals surface area contributed by atoms with E-state index >= 15 is 0 Å². The molecule has 2 rings (SSSR count). The summed E-state index contributed by atoms with van der Waals surface area (Å²) in [5, 5.41) is 0. The van der Waals surface area contributed by atoms with E-state index in [1.54, 1.807) is 0 Å². The molecule has 2 fully saturated rings. The lowest BCUT2D eigenvalue weighted by Crippen LogP contribution is -2.14. The highest BCUT2D eigenvalue weighted by Crippen LogP contribution is 2.22. The first-order valence-electron chi connectivity index (χ1n) is 5.56. The molecule has 1 atom stereocenters. The van der Waals surface area contributed by atoms with Gasteiger partial charge in [-0.05, 0) is 18.8 Å². The second-order valence-corrected chi connectivity index (χ2v) is 4.17. The van der Waals surface area contributed by atoms with Gasteiger partial charge in [-0.25, -0.2) is 4.79 Å². The molecule has 0 amide bonds. The van der Waals surface area contributed by atoms with Crippen LogP contribution in [0.2, 0.25) is 0 Å². The first-order chi connectivity index (χ1) is 6.86. The standard InChI is InChI=1S/C11H17NO2/c13-11-10(6-7-14-11)12-8-9-4-2-1-3-5-9/h8-10H,1-7H2. The molecular weight excluding hydrogens is 178 g/mol. The minimum atomic E-state index is -0.197. The Balaban J connectivity index is 1.82. The van der Waals surface area contributed by atoms with Gasteiger partial charge in [0.25, 0.3) is 0 Å². The number of esters is 1. The van der Waals surface area contributed by atoms with Gasteiger partial charge in [-0.3, -0.25) is 4.99 Å². The number of cyclic esters (lactones) is 1. The average Bonchev–Trinajstić information content (AvgIpc) is 2.63. The maximum atomic E-state index is 11.1. The fraction of sp³-hybridized carbons (Fsp3) is 0.818. The van der Waals surface area contributed by atoms with Gasteiger partial charge in [-0.15, -0.1) is 0 Å². The van der Waals surface area contributed by atoms with Gasteiger partial charge in [0.2, 0.25) is 0 Å². The first kappa shape index (κ1) is 9.69. The number of carbonyl (C=O) groups is 1. The maximum absolute atomic E-state index is 11.1. The van der Waals surface area contributed by atoms with E-state index in [1.807, 2.05) is 6.21 Å². The van der Waals surface area contributed by atoms with E-state index in [9.17, 15) is 4.79 Å².